The number of hydrogen-bond donors (Lipinski definition) is 1. The van der Waals surface area contributed by atoms with E-state index >= 15 is 0 Å². The largest absolute Gasteiger partial charge is 0.494 e. The maximum absolute atomic E-state index is 12.9. The summed E-state index contributed by atoms with van der Waals surface area (Å²) < 4.78 is 5.42. The molecule has 2 saturated heterocycles. The molecule has 5 heteroatoms. The van der Waals surface area contributed by atoms with Crippen molar-refractivity contribution in [3.05, 3.63) is 24.3 Å². The molecule has 1 aromatic rings. The van der Waals surface area contributed by atoms with Gasteiger partial charge in [-0.3, -0.25) is 9.59 Å². The second-order valence-corrected chi connectivity index (χ2v) is 7.26. The van der Waals surface area contributed by atoms with Crippen molar-refractivity contribution in [3.63, 3.8) is 0 Å². The molecular weight excluding hydrogens is 304 g/mol. The standard InChI is InChI=1S/C19H26N2O3/c1-4-24-16-7-5-15(6-8-16)21-18(22)10-17(19(21)23)20-11-13(2)9-14(3)12-20/h5-8,13-14,17H,4,9-12H2,1-3H3/p+1/t13-,14-,17-/m0/s1. The van der Waals surface area contributed by atoms with Gasteiger partial charge in [0, 0.05) is 11.8 Å². The third-order valence-corrected chi connectivity index (χ3v) is 5.07. The molecule has 5 nitrogen and oxygen atoms in total. The van der Waals surface area contributed by atoms with Gasteiger partial charge in [0.1, 0.15) is 5.75 Å². The van der Waals surface area contributed by atoms with Gasteiger partial charge in [0.2, 0.25) is 5.91 Å². The molecule has 0 spiro atoms. The maximum Gasteiger partial charge on any atom is 0.292 e. The Morgan fingerprint density at radius 2 is 1.75 bits per heavy atom. The Kier molecular flexibility index (Phi) is 4.90. The highest BCUT2D eigenvalue weighted by molar-refractivity contribution is 6.21. The average molecular weight is 331 g/mol. The minimum Gasteiger partial charge on any atom is -0.494 e. The number of anilines is 1. The van der Waals surface area contributed by atoms with Crippen LogP contribution in [0, 0.1) is 11.8 Å². The highest BCUT2D eigenvalue weighted by Gasteiger charge is 2.47. The number of nitrogens with one attached hydrogen (secondary N) is 1. The number of ether oxygens (including phenoxy) is 1. The van der Waals surface area contributed by atoms with Crippen molar-refractivity contribution in [3.8, 4) is 5.75 Å². The first-order valence-electron chi connectivity index (χ1n) is 8.93. The number of carbonyl (C=O) groups excluding carboxylic acids is 2. The molecule has 0 aliphatic carbocycles. The summed E-state index contributed by atoms with van der Waals surface area (Å²) in [5.41, 5.74) is 0.647. The summed E-state index contributed by atoms with van der Waals surface area (Å²) in [7, 11) is 0. The molecule has 130 valence electrons. The Hall–Kier alpha value is -1.88. The van der Waals surface area contributed by atoms with Crippen molar-refractivity contribution in [1.82, 2.24) is 0 Å². The second kappa shape index (κ2) is 6.93. The fourth-order valence-corrected chi connectivity index (χ4v) is 4.20. The number of benzene rings is 1. The monoisotopic (exact) mass is 331 g/mol. The second-order valence-electron chi connectivity index (χ2n) is 7.26. The number of rotatable bonds is 4. The fraction of sp³-hybridized carbons (Fsp3) is 0.579. The van der Waals surface area contributed by atoms with E-state index in [9.17, 15) is 9.59 Å². The molecule has 2 heterocycles. The summed E-state index contributed by atoms with van der Waals surface area (Å²) in [6.07, 6.45) is 1.53. The third kappa shape index (κ3) is 3.31. The molecule has 2 aliphatic rings. The van der Waals surface area contributed by atoms with Crippen molar-refractivity contribution in [2.75, 3.05) is 24.6 Å². The molecule has 2 amide bonds. The predicted octanol–water partition coefficient (Wildman–Crippen LogP) is 1.28. The van der Waals surface area contributed by atoms with Crippen LogP contribution >= 0.6 is 0 Å². The molecule has 0 unspecified atom stereocenters. The van der Waals surface area contributed by atoms with Crippen LogP contribution in [-0.2, 0) is 9.59 Å². The zero-order valence-electron chi connectivity index (χ0n) is 14.7. The van der Waals surface area contributed by atoms with E-state index in [1.54, 1.807) is 12.1 Å². The van der Waals surface area contributed by atoms with Gasteiger partial charge in [0.05, 0.1) is 31.8 Å². The maximum atomic E-state index is 12.9. The number of amides is 2. The van der Waals surface area contributed by atoms with E-state index in [0.29, 0.717) is 30.6 Å². The summed E-state index contributed by atoms with van der Waals surface area (Å²) in [4.78, 5) is 28.0. The highest BCUT2D eigenvalue weighted by Crippen LogP contribution is 2.25. The summed E-state index contributed by atoms with van der Waals surface area (Å²) in [6, 6.07) is 6.98. The quantitative estimate of drug-likeness (QED) is 0.846. The summed E-state index contributed by atoms with van der Waals surface area (Å²) in [5, 5.41) is 0. The molecule has 0 saturated carbocycles. The molecule has 0 aromatic heterocycles. The molecule has 3 rings (SSSR count). The van der Waals surface area contributed by atoms with Crippen LogP contribution in [-0.4, -0.2) is 37.6 Å². The molecule has 1 aromatic carbocycles. The Morgan fingerprint density at radius 3 is 2.33 bits per heavy atom. The van der Waals surface area contributed by atoms with Gasteiger partial charge in [-0.05, 0) is 37.6 Å². The normalized spacial score (nSPS) is 30.7. The number of carbonyl (C=O) groups is 2. The molecule has 2 fully saturated rings. The van der Waals surface area contributed by atoms with Crippen LogP contribution in [0.4, 0.5) is 5.69 Å². The minimum absolute atomic E-state index is 0.0551. The lowest BCUT2D eigenvalue weighted by Crippen LogP contribution is -3.18. The van der Waals surface area contributed by atoms with E-state index in [-0.39, 0.29) is 17.9 Å². The first-order chi connectivity index (χ1) is 11.5. The Bertz CT molecular complexity index is 604. The van der Waals surface area contributed by atoms with Crippen LogP contribution in [0.15, 0.2) is 24.3 Å². The van der Waals surface area contributed by atoms with E-state index < -0.39 is 0 Å². The first-order valence-corrected chi connectivity index (χ1v) is 8.93. The lowest BCUT2D eigenvalue weighted by Gasteiger charge is -2.34. The topological polar surface area (TPSA) is 51.0 Å². The molecule has 3 atom stereocenters. The number of hydrogen-bond acceptors (Lipinski definition) is 3. The van der Waals surface area contributed by atoms with Crippen molar-refractivity contribution < 1.29 is 19.2 Å². The van der Waals surface area contributed by atoms with Crippen molar-refractivity contribution in [2.45, 2.75) is 39.7 Å². The lowest BCUT2D eigenvalue weighted by molar-refractivity contribution is -0.926. The summed E-state index contributed by atoms with van der Waals surface area (Å²) in [5.74, 6) is 1.81. The highest BCUT2D eigenvalue weighted by atomic mass is 16.5. The van der Waals surface area contributed by atoms with Gasteiger partial charge >= 0.3 is 0 Å². The minimum atomic E-state index is -0.228. The Balaban J connectivity index is 1.76. The molecule has 24 heavy (non-hydrogen) atoms. The van der Waals surface area contributed by atoms with Gasteiger partial charge in [-0.1, -0.05) is 13.8 Å². The van der Waals surface area contributed by atoms with Gasteiger partial charge in [-0.15, -0.1) is 0 Å². The van der Waals surface area contributed by atoms with Gasteiger partial charge in [0.25, 0.3) is 5.91 Å². The van der Waals surface area contributed by atoms with Crippen LogP contribution in [0.25, 0.3) is 0 Å². The van der Waals surface area contributed by atoms with Gasteiger partial charge in [-0.25, -0.2) is 4.90 Å². The summed E-state index contributed by atoms with van der Waals surface area (Å²) in [6.45, 7) is 8.95. The Labute approximate surface area is 143 Å². The van der Waals surface area contributed by atoms with Crippen LogP contribution < -0.4 is 14.5 Å². The van der Waals surface area contributed by atoms with Gasteiger partial charge in [0.15, 0.2) is 6.04 Å². The Morgan fingerprint density at radius 1 is 1.12 bits per heavy atom. The van der Waals surface area contributed by atoms with E-state index in [1.165, 1.54) is 16.2 Å². The zero-order valence-corrected chi connectivity index (χ0v) is 14.7. The number of quaternary nitrogens is 1. The average Bonchev–Trinajstić information content (AvgIpc) is 2.83. The van der Waals surface area contributed by atoms with Gasteiger partial charge < -0.3 is 9.64 Å². The summed E-state index contributed by atoms with van der Waals surface area (Å²) >= 11 is 0. The van der Waals surface area contributed by atoms with E-state index in [4.69, 9.17) is 4.74 Å². The smallest absolute Gasteiger partial charge is 0.292 e. The number of piperidine rings is 1. The predicted molar refractivity (Wildman–Crippen MR) is 92.2 cm³/mol. The van der Waals surface area contributed by atoms with Crippen molar-refractivity contribution in [1.29, 1.82) is 0 Å². The van der Waals surface area contributed by atoms with Crippen molar-refractivity contribution in [2.24, 2.45) is 11.8 Å². The van der Waals surface area contributed by atoms with E-state index in [2.05, 4.69) is 13.8 Å². The SMILES string of the molecule is CCOc1ccc(N2C(=O)C[C@H]([NH+]3C[C@@H](C)C[C@H](C)C3)C2=O)cc1. The van der Waals surface area contributed by atoms with E-state index in [0.717, 1.165) is 18.8 Å². The van der Waals surface area contributed by atoms with Crippen LogP contribution in [0.3, 0.4) is 0 Å². The van der Waals surface area contributed by atoms with Crippen molar-refractivity contribution >= 4 is 17.5 Å². The number of nitrogens with zero attached hydrogens (tertiary/aromatic N) is 1. The number of likely N-dealkylation sites (tertiary alicyclic amines) is 1. The molecule has 1 N–H and O–H groups in total. The van der Waals surface area contributed by atoms with Gasteiger partial charge in [-0.2, -0.15) is 0 Å². The third-order valence-electron chi connectivity index (χ3n) is 5.07. The number of imide groups is 1. The molecule has 2 aliphatic heterocycles. The fourth-order valence-electron chi connectivity index (χ4n) is 4.20. The molecular formula is C19H27N2O3+. The van der Waals surface area contributed by atoms with Crippen LogP contribution in [0.1, 0.15) is 33.6 Å². The molecule has 0 radical (unpaired) electrons. The first kappa shape index (κ1) is 17.0. The van der Waals surface area contributed by atoms with Crippen LogP contribution in [0.2, 0.25) is 0 Å². The lowest BCUT2D eigenvalue weighted by atomic mass is 9.90. The van der Waals surface area contributed by atoms with E-state index in [1.807, 2.05) is 19.1 Å². The zero-order chi connectivity index (χ0) is 17.3. The van der Waals surface area contributed by atoms with Crippen LogP contribution in [0.5, 0.6) is 5.75 Å². The molecule has 0 bridgehead atoms.